The average molecular weight is 589 g/mol. The van der Waals surface area contributed by atoms with Gasteiger partial charge in [-0.3, -0.25) is 14.5 Å². The van der Waals surface area contributed by atoms with Crippen molar-refractivity contribution in [2.24, 2.45) is 5.73 Å². The number of alkyl halides is 6. The van der Waals surface area contributed by atoms with E-state index in [1.54, 1.807) is 24.3 Å². The molecule has 2 aliphatic rings. The first-order chi connectivity index (χ1) is 19.2. The summed E-state index contributed by atoms with van der Waals surface area (Å²) < 4.78 is 89.8. The highest BCUT2D eigenvalue weighted by Gasteiger charge is 2.49. The first kappa shape index (κ1) is 30.0. The molecule has 2 saturated heterocycles. The lowest BCUT2D eigenvalue weighted by Crippen LogP contribution is -2.72. The minimum absolute atomic E-state index is 0.0260. The lowest BCUT2D eigenvalue weighted by Gasteiger charge is -2.51. The Labute approximate surface area is 230 Å². The van der Waals surface area contributed by atoms with Crippen molar-refractivity contribution in [2.45, 2.75) is 44.1 Å². The van der Waals surface area contributed by atoms with Crippen molar-refractivity contribution in [3.05, 3.63) is 64.7 Å². The van der Waals surface area contributed by atoms with Gasteiger partial charge in [-0.25, -0.2) is 4.79 Å². The van der Waals surface area contributed by atoms with Crippen LogP contribution >= 0.6 is 0 Å². The van der Waals surface area contributed by atoms with E-state index in [1.165, 1.54) is 16.9 Å². The van der Waals surface area contributed by atoms with Crippen LogP contribution in [0.2, 0.25) is 0 Å². The Morgan fingerprint density at radius 2 is 1.66 bits per heavy atom. The maximum atomic E-state index is 13.3. The van der Waals surface area contributed by atoms with Crippen LogP contribution in [0.3, 0.4) is 0 Å². The molecule has 2 aromatic carbocycles. The molecule has 0 saturated carbocycles. The van der Waals surface area contributed by atoms with Crippen molar-refractivity contribution in [1.82, 2.24) is 14.7 Å². The second-order valence-corrected chi connectivity index (χ2v) is 9.48. The van der Waals surface area contributed by atoms with Crippen LogP contribution in [0.4, 0.5) is 31.1 Å². The molecule has 0 unspecified atom stereocenters. The monoisotopic (exact) mass is 588 g/mol. The smallest absolute Gasteiger partial charge is 0.416 e. The second-order valence-electron chi connectivity index (χ2n) is 9.48. The van der Waals surface area contributed by atoms with Crippen LogP contribution in [0, 0.1) is 0 Å². The number of rotatable bonds is 6. The molecule has 3 amide bonds. The maximum absolute atomic E-state index is 13.3. The maximum Gasteiger partial charge on any atom is 0.416 e. The molecule has 9 nitrogen and oxygen atoms in total. The van der Waals surface area contributed by atoms with Gasteiger partial charge in [0.1, 0.15) is 24.6 Å². The number of benzene rings is 2. The molecule has 2 heterocycles. The van der Waals surface area contributed by atoms with E-state index in [-0.39, 0.29) is 38.7 Å². The number of carbonyl (C=O) groups is 3. The standard InChI is InChI=1S/C26H26F6N4O5/c1-40-20-5-3-2-4-16(20)12-34-13-21-35(7-6-22(37)36(21)19(11-33)23(34)38)24(39)41-14-15-8-17(25(27,28)29)10-18(9-15)26(30,31)32/h2-5,8-10,19,21H,6-7,11-14,33H2,1H3/t19-,21+/m0/s1. The zero-order chi connectivity index (χ0) is 30.1. The van der Waals surface area contributed by atoms with Gasteiger partial charge in [0, 0.05) is 31.6 Å². The summed E-state index contributed by atoms with van der Waals surface area (Å²) in [6.07, 6.45) is -12.4. The van der Waals surface area contributed by atoms with Gasteiger partial charge in [-0.15, -0.1) is 0 Å². The number of hydrogen-bond acceptors (Lipinski definition) is 6. The Bertz CT molecular complexity index is 1290. The van der Waals surface area contributed by atoms with Crippen LogP contribution < -0.4 is 10.5 Å². The molecule has 0 bridgehead atoms. The predicted molar refractivity (Wildman–Crippen MR) is 130 cm³/mol. The number of carbonyl (C=O) groups excluding carboxylic acids is 3. The molecular formula is C26H26F6N4O5. The topological polar surface area (TPSA) is 105 Å². The highest BCUT2D eigenvalue weighted by atomic mass is 19.4. The third-order valence-electron chi connectivity index (χ3n) is 6.87. The van der Waals surface area contributed by atoms with E-state index in [1.807, 2.05) is 0 Å². The Balaban J connectivity index is 1.57. The van der Waals surface area contributed by atoms with Crippen molar-refractivity contribution < 1.29 is 50.2 Å². The van der Waals surface area contributed by atoms with Gasteiger partial charge < -0.3 is 25.0 Å². The van der Waals surface area contributed by atoms with Gasteiger partial charge in [-0.1, -0.05) is 18.2 Å². The summed E-state index contributed by atoms with van der Waals surface area (Å²) >= 11 is 0. The van der Waals surface area contributed by atoms with E-state index in [2.05, 4.69) is 0 Å². The van der Waals surface area contributed by atoms with Gasteiger partial charge in [0.25, 0.3) is 0 Å². The van der Waals surface area contributed by atoms with Crippen LogP contribution in [0.15, 0.2) is 42.5 Å². The zero-order valence-electron chi connectivity index (χ0n) is 21.7. The minimum Gasteiger partial charge on any atom is -0.496 e. The summed E-state index contributed by atoms with van der Waals surface area (Å²) in [6, 6.07) is 6.71. The van der Waals surface area contributed by atoms with Crippen molar-refractivity contribution in [1.29, 1.82) is 0 Å². The SMILES string of the molecule is COc1ccccc1CN1C[C@@H]2N(C(=O)OCc3cc(C(F)(F)F)cc(C(F)(F)F)c3)CCC(=O)N2[C@@H](CN)C1=O. The van der Waals surface area contributed by atoms with Crippen molar-refractivity contribution in [3.8, 4) is 5.75 Å². The molecule has 15 heteroatoms. The second kappa shape index (κ2) is 11.5. The number of hydrogen-bond donors (Lipinski definition) is 1. The van der Waals surface area contributed by atoms with Crippen molar-refractivity contribution >= 4 is 17.9 Å². The highest BCUT2D eigenvalue weighted by Crippen LogP contribution is 2.36. The molecule has 0 aromatic heterocycles. The molecule has 41 heavy (non-hydrogen) atoms. The molecular weight excluding hydrogens is 562 g/mol. The summed E-state index contributed by atoms with van der Waals surface area (Å²) in [5.74, 6) is -0.392. The number of halogens is 6. The van der Waals surface area contributed by atoms with Crippen LogP contribution in [-0.2, 0) is 39.8 Å². The fourth-order valence-electron chi connectivity index (χ4n) is 4.94. The number of fused-ring (bicyclic) bond motifs is 1. The fraction of sp³-hybridized carbons (Fsp3) is 0.423. The van der Waals surface area contributed by atoms with Crippen molar-refractivity contribution in [3.63, 3.8) is 0 Å². The fourth-order valence-corrected chi connectivity index (χ4v) is 4.94. The van der Waals surface area contributed by atoms with E-state index in [0.717, 1.165) is 4.90 Å². The Hall–Kier alpha value is -4.01. The summed E-state index contributed by atoms with van der Waals surface area (Å²) in [5, 5.41) is 0. The number of piperazine rings is 1. The van der Waals surface area contributed by atoms with E-state index in [9.17, 15) is 40.7 Å². The zero-order valence-corrected chi connectivity index (χ0v) is 21.7. The minimum atomic E-state index is -5.06. The molecule has 4 rings (SSSR count). The molecule has 2 atom stereocenters. The average Bonchev–Trinajstić information content (AvgIpc) is 2.92. The molecule has 0 aliphatic carbocycles. The molecule has 2 fully saturated rings. The molecule has 2 N–H and O–H groups in total. The molecule has 2 aromatic rings. The van der Waals surface area contributed by atoms with Gasteiger partial charge >= 0.3 is 18.4 Å². The summed E-state index contributed by atoms with van der Waals surface area (Å²) in [6.45, 7) is -1.38. The Kier molecular flexibility index (Phi) is 8.38. The number of nitrogens with zero attached hydrogens (tertiary/aromatic N) is 3. The Morgan fingerprint density at radius 3 is 2.24 bits per heavy atom. The summed E-state index contributed by atoms with van der Waals surface area (Å²) in [5.41, 5.74) is 2.88. The van der Waals surface area contributed by atoms with E-state index in [4.69, 9.17) is 15.2 Å². The van der Waals surface area contributed by atoms with Gasteiger partial charge in [0.15, 0.2) is 0 Å². The van der Waals surface area contributed by atoms with Gasteiger partial charge in [0.05, 0.1) is 24.8 Å². The first-order valence-corrected chi connectivity index (χ1v) is 12.4. The van der Waals surface area contributed by atoms with Gasteiger partial charge in [-0.2, -0.15) is 26.3 Å². The van der Waals surface area contributed by atoms with E-state index in [0.29, 0.717) is 23.4 Å². The van der Waals surface area contributed by atoms with Crippen LogP contribution in [0.25, 0.3) is 0 Å². The molecule has 0 radical (unpaired) electrons. The van der Waals surface area contributed by atoms with Crippen LogP contribution in [0.1, 0.15) is 28.7 Å². The van der Waals surface area contributed by atoms with Crippen LogP contribution in [-0.4, -0.2) is 71.6 Å². The number of methoxy groups -OCH3 is 1. The normalized spacial score (nSPS) is 19.8. The third kappa shape index (κ3) is 6.34. The van der Waals surface area contributed by atoms with Gasteiger partial charge in [0.2, 0.25) is 11.8 Å². The summed E-state index contributed by atoms with van der Waals surface area (Å²) in [4.78, 5) is 42.9. The van der Waals surface area contributed by atoms with E-state index < -0.39 is 65.8 Å². The number of nitrogens with two attached hydrogens (primary N) is 1. The van der Waals surface area contributed by atoms with Crippen LogP contribution in [0.5, 0.6) is 5.75 Å². The Morgan fingerprint density at radius 1 is 1.02 bits per heavy atom. The lowest BCUT2D eigenvalue weighted by atomic mass is 10.0. The molecule has 2 aliphatic heterocycles. The van der Waals surface area contributed by atoms with E-state index >= 15 is 0 Å². The summed E-state index contributed by atoms with van der Waals surface area (Å²) in [7, 11) is 1.46. The molecule has 0 spiro atoms. The number of ether oxygens (including phenoxy) is 2. The molecule has 222 valence electrons. The lowest BCUT2D eigenvalue weighted by molar-refractivity contribution is -0.167. The van der Waals surface area contributed by atoms with Crippen molar-refractivity contribution in [2.75, 3.05) is 26.7 Å². The van der Waals surface area contributed by atoms with Gasteiger partial charge in [-0.05, 0) is 29.8 Å². The quantitative estimate of drug-likeness (QED) is 0.518. The third-order valence-corrected chi connectivity index (χ3v) is 6.87. The number of amides is 3. The highest BCUT2D eigenvalue weighted by molar-refractivity contribution is 5.91. The number of para-hydroxylation sites is 1. The largest absolute Gasteiger partial charge is 0.496 e. The first-order valence-electron chi connectivity index (χ1n) is 12.4. The predicted octanol–water partition coefficient (Wildman–Crippen LogP) is 3.60.